The second-order valence-electron chi connectivity index (χ2n) is 16.9. The van der Waals surface area contributed by atoms with Crippen molar-refractivity contribution < 1.29 is 149 Å². The smallest absolute Gasteiger partial charge is 0.246 e. The summed E-state index contributed by atoms with van der Waals surface area (Å²) in [6.45, 7) is -6.39. The summed E-state index contributed by atoms with van der Waals surface area (Å²) in [5.74, 6) is -14.1. The summed E-state index contributed by atoms with van der Waals surface area (Å²) in [4.78, 5) is 61.2. The highest BCUT2D eigenvalue weighted by molar-refractivity contribution is 5.78. The molecule has 4 fully saturated rings. The minimum absolute atomic E-state index is 0.240. The van der Waals surface area contributed by atoms with E-state index in [2.05, 4.69) is 10.6 Å². The molecule has 4 heterocycles. The Morgan fingerprint density at radius 3 is 1.79 bits per heavy atom. The fourth-order valence-corrected chi connectivity index (χ4v) is 8.32. The van der Waals surface area contributed by atoms with Crippen LogP contribution in [0.4, 0.5) is 0 Å². The van der Waals surface area contributed by atoms with Crippen molar-refractivity contribution in [2.45, 2.75) is 160 Å². The quantitative estimate of drug-likeness (QED) is 0.0378. The molecular formula is C38H61N3O30-2. The Balaban J connectivity index is 1.68. The minimum Gasteiger partial charge on any atom is -0.544 e. The topological polar surface area (TPSA) is 545 Å². The van der Waals surface area contributed by atoms with E-state index in [0.29, 0.717) is 0 Å². The van der Waals surface area contributed by atoms with Gasteiger partial charge in [-0.2, -0.15) is 0 Å². The molecule has 71 heavy (non-hydrogen) atoms. The van der Waals surface area contributed by atoms with Crippen molar-refractivity contribution in [3.8, 4) is 0 Å². The number of hydrogen-bond acceptors (Lipinski definition) is 30. The summed E-state index contributed by atoms with van der Waals surface area (Å²) in [6, 6.07) is -4.87. The average molecular weight is 1040 g/mol. The Hall–Kier alpha value is -3.57. The first-order valence-electron chi connectivity index (χ1n) is 21.7. The van der Waals surface area contributed by atoms with Gasteiger partial charge in [-0.05, 0) is 0 Å². The number of amides is 3. The van der Waals surface area contributed by atoms with Crippen LogP contribution in [0, 0.1) is 0 Å². The standard InChI is InChI=1S/C38H63N3O30/c1-12(49)40-21-14(50)3-38(36(62)63,70-31(21)25(56)18(7-45)68-37(35(60)61)2-15(51)22(41-20(53)9-47)30(69-37)23(54)16(52)5-43)71-32-24(55)17(6-44)65-34(28(32)59)67-29-19(8-46)66-33(27(58)26(29)57)64-10-13(4-42)39-11-48/h11,13-19,21-34,42-47,50-52,54-59H,2-10H2,1H3,(H,39,48)(H,40,49)(H,41,53)(H,60,61)(H,62,63)/p-2/t13-,14+,15+,16-,17-,18-,19-,21-,22-,23-,24+,25-,26-,27-,28-,29-,30-,31-,32+,33-,34+,37-,38+/m1/s1. The predicted octanol–water partition coefficient (Wildman–Crippen LogP) is -15.6. The van der Waals surface area contributed by atoms with E-state index in [0.717, 1.165) is 6.92 Å². The van der Waals surface area contributed by atoms with Crippen LogP contribution in [0.1, 0.15) is 19.8 Å². The molecule has 0 aromatic rings. The van der Waals surface area contributed by atoms with Gasteiger partial charge in [0.05, 0.1) is 70.0 Å². The first-order chi connectivity index (χ1) is 33.4. The van der Waals surface area contributed by atoms with Crippen LogP contribution >= 0.6 is 0 Å². The lowest BCUT2D eigenvalue weighted by atomic mass is 9.87. The number of nitrogens with one attached hydrogen (secondary N) is 3. The van der Waals surface area contributed by atoms with Gasteiger partial charge in [-0.1, -0.05) is 0 Å². The lowest BCUT2D eigenvalue weighted by Gasteiger charge is -2.53. The molecular weight excluding hydrogens is 978 g/mol. The van der Waals surface area contributed by atoms with Crippen molar-refractivity contribution in [3.05, 3.63) is 0 Å². The highest BCUT2D eigenvalue weighted by Crippen LogP contribution is 2.40. The first-order valence-corrected chi connectivity index (χ1v) is 21.7. The van der Waals surface area contributed by atoms with Crippen molar-refractivity contribution >= 4 is 30.2 Å². The Morgan fingerprint density at radius 1 is 0.704 bits per heavy atom. The molecule has 0 bridgehead atoms. The summed E-state index contributed by atoms with van der Waals surface area (Å²) in [5, 5.41) is 191. The van der Waals surface area contributed by atoms with Gasteiger partial charge in [0.2, 0.25) is 29.8 Å². The summed E-state index contributed by atoms with van der Waals surface area (Å²) >= 11 is 0. The normalized spacial score (nSPS) is 39.8. The zero-order chi connectivity index (χ0) is 53.3. The highest BCUT2D eigenvalue weighted by Gasteiger charge is 2.60. The van der Waals surface area contributed by atoms with Gasteiger partial charge in [-0.3, -0.25) is 14.4 Å². The molecule has 410 valence electrons. The monoisotopic (exact) mass is 1040 g/mol. The Bertz CT molecular complexity index is 1760. The minimum atomic E-state index is -3.51. The number of carboxylic acid groups (broad SMARTS) is 2. The Morgan fingerprint density at radius 2 is 1.27 bits per heavy atom. The maximum atomic E-state index is 13.1. The molecule has 0 saturated carbocycles. The number of carbonyl (C=O) groups excluding carboxylic acids is 5. The molecule has 33 nitrogen and oxygen atoms in total. The van der Waals surface area contributed by atoms with E-state index in [9.17, 15) is 111 Å². The van der Waals surface area contributed by atoms with Gasteiger partial charge >= 0.3 is 0 Å². The molecule has 0 unspecified atom stereocenters. The number of carboxylic acids is 2. The summed E-state index contributed by atoms with van der Waals surface area (Å²) < 4.78 is 44.1. The lowest BCUT2D eigenvalue weighted by Crippen LogP contribution is -2.73. The molecule has 18 N–H and O–H groups in total. The molecule has 3 amide bonds. The molecule has 4 saturated heterocycles. The molecule has 23 atom stereocenters. The lowest BCUT2D eigenvalue weighted by molar-refractivity contribution is -0.415. The van der Waals surface area contributed by atoms with E-state index in [1.165, 1.54) is 0 Å². The van der Waals surface area contributed by atoms with Gasteiger partial charge in [0.1, 0.15) is 104 Å². The third kappa shape index (κ3) is 13.6. The number of rotatable bonds is 25. The van der Waals surface area contributed by atoms with Crippen LogP contribution in [0.3, 0.4) is 0 Å². The Labute approximate surface area is 400 Å². The van der Waals surface area contributed by atoms with Crippen molar-refractivity contribution in [1.82, 2.24) is 16.0 Å². The van der Waals surface area contributed by atoms with Crippen molar-refractivity contribution in [1.29, 1.82) is 0 Å². The maximum Gasteiger partial charge on any atom is 0.246 e. The van der Waals surface area contributed by atoms with E-state index >= 15 is 0 Å². The molecule has 0 spiro atoms. The SMILES string of the molecule is CC(=O)N[C@H]1[C@H]([C@H](O)[C@@H](CO)O[C@]2(C(=O)[O-])C[C@H](O)[C@@H](NC(=O)CO)[C@H]([C@H](O)[C@H](O)CO)O2)O[C@@](O[C@H]2[C@@H](O)[C@@H](CO)O[C@@H](O[C@H]3[C@H](O)[C@@H](O)[C@H](OC[C@@H](CO)NC=O)O[C@@H]3CO)[C@@H]2O)(C(=O)[O-])C[C@@H]1O. The molecule has 33 heteroatoms. The van der Waals surface area contributed by atoms with E-state index in [-0.39, 0.29) is 6.41 Å². The largest absolute Gasteiger partial charge is 0.544 e. The van der Waals surface area contributed by atoms with Crippen molar-refractivity contribution in [3.63, 3.8) is 0 Å². The number of hydrogen-bond donors (Lipinski definition) is 18. The van der Waals surface area contributed by atoms with E-state index in [1.54, 1.807) is 0 Å². The number of ether oxygens (including phenoxy) is 8. The molecule has 4 aliphatic rings. The van der Waals surface area contributed by atoms with Crippen LogP contribution in [0.15, 0.2) is 0 Å². The molecule has 0 radical (unpaired) electrons. The third-order valence-corrected chi connectivity index (χ3v) is 12.0. The summed E-state index contributed by atoms with van der Waals surface area (Å²) in [5.41, 5.74) is 0. The highest BCUT2D eigenvalue weighted by atomic mass is 16.8. The number of carbonyl (C=O) groups is 5. The molecule has 4 aliphatic heterocycles. The van der Waals surface area contributed by atoms with Gasteiger partial charge < -0.3 is 150 Å². The van der Waals surface area contributed by atoms with Crippen molar-refractivity contribution in [2.75, 3.05) is 46.2 Å². The zero-order valence-electron chi connectivity index (χ0n) is 37.4. The van der Waals surface area contributed by atoms with E-state index in [1.807, 2.05) is 5.32 Å². The molecule has 0 aromatic carbocycles. The first kappa shape index (κ1) is 60.0. The maximum absolute atomic E-state index is 13.1. The molecule has 0 aromatic heterocycles. The Kier molecular flexibility index (Phi) is 22.0. The second kappa shape index (κ2) is 26.1. The van der Waals surface area contributed by atoms with Crippen LogP contribution in [0.25, 0.3) is 0 Å². The second-order valence-corrected chi connectivity index (χ2v) is 16.9. The van der Waals surface area contributed by atoms with Crippen molar-refractivity contribution in [2.24, 2.45) is 0 Å². The van der Waals surface area contributed by atoms with Gasteiger partial charge in [-0.15, -0.1) is 0 Å². The van der Waals surface area contributed by atoms with E-state index in [4.69, 9.17) is 37.9 Å². The van der Waals surface area contributed by atoms with Crippen LogP contribution in [-0.2, 0) is 61.9 Å². The van der Waals surface area contributed by atoms with Gasteiger partial charge in [0.15, 0.2) is 12.6 Å². The summed E-state index contributed by atoms with van der Waals surface area (Å²) in [7, 11) is 0. The number of aliphatic hydroxyl groups excluding tert-OH is 15. The van der Waals surface area contributed by atoms with Crippen LogP contribution < -0.4 is 26.2 Å². The number of aliphatic hydroxyl groups is 15. The molecule has 0 aliphatic carbocycles. The van der Waals surface area contributed by atoms with Gasteiger partial charge in [0, 0.05) is 19.8 Å². The van der Waals surface area contributed by atoms with Gasteiger partial charge in [-0.25, -0.2) is 0 Å². The predicted molar refractivity (Wildman–Crippen MR) is 211 cm³/mol. The van der Waals surface area contributed by atoms with Crippen LogP contribution in [0.5, 0.6) is 0 Å². The van der Waals surface area contributed by atoms with E-state index < -0.39 is 223 Å². The molecule has 4 rings (SSSR count). The van der Waals surface area contributed by atoms with Crippen LogP contribution in [-0.4, -0.2) is 293 Å². The third-order valence-electron chi connectivity index (χ3n) is 12.0. The average Bonchev–Trinajstić information content (AvgIpc) is 3.33. The number of aliphatic carboxylic acids is 2. The summed E-state index contributed by atoms with van der Waals surface area (Å²) in [6.07, 6.45) is -42.1. The fourth-order valence-electron chi connectivity index (χ4n) is 8.32. The van der Waals surface area contributed by atoms with Gasteiger partial charge in [0.25, 0.3) is 0 Å². The fraction of sp³-hybridized carbons (Fsp3) is 0.868. The van der Waals surface area contributed by atoms with Crippen LogP contribution in [0.2, 0.25) is 0 Å². The zero-order valence-corrected chi connectivity index (χ0v) is 37.4.